The van der Waals surface area contributed by atoms with E-state index < -0.39 is 17.7 Å². The van der Waals surface area contributed by atoms with Crippen LogP contribution in [0.3, 0.4) is 0 Å². The normalized spacial score (nSPS) is 12.2. The van der Waals surface area contributed by atoms with E-state index in [9.17, 15) is 9.90 Å². The molecule has 0 fully saturated rings. The van der Waals surface area contributed by atoms with E-state index in [1.807, 2.05) is 44.2 Å². The Morgan fingerprint density at radius 2 is 2.00 bits per heavy atom. The van der Waals surface area contributed by atoms with Gasteiger partial charge < -0.3 is 14.6 Å². The lowest BCUT2D eigenvalue weighted by Gasteiger charge is -2.19. The van der Waals surface area contributed by atoms with Gasteiger partial charge in [0.25, 0.3) is 0 Å². The summed E-state index contributed by atoms with van der Waals surface area (Å²) in [6.07, 6.45) is -1.18. The summed E-state index contributed by atoms with van der Waals surface area (Å²) < 4.78 is 10.2. The molecule has 0 amide bonds. The standard InChI is InChI=1S/C16H20O4/c1-16(2,10-9-14(17)11-15(18)19-3)20-12-13-7-5-4-6-8-13/h4-8,14,17H,11-12H2,1-3H3/t14-/m0/s1. The molecule has 4 heteroatoms. The van der Waals surface area contributed by atoms with Gasteiger partial charge >= 0.3 is 5.97 Å². The summed E-state index contributed by atoms with van der Waals surface area (Å²) in [4.78, 5) is 11.0. The number of carbonyl (C=O) groups excluding carboxylic acids is 1. The van der Waals surface area contributed by atoms with Crippen LogP contribution in [0.2, 0.25) is 0 Å². The molecule has 0 aliphatic rings. The molecule has 0 saturated carbocycles. The zero-order valence-corrected chi connectivity index (χ0v) is 12.1. The first-order valence-electron chi connectivity index (χ1n) is 6.38. The summed E-state index contributed by atoms with van der Waals surface area (Å²) >= 11 is 0. The number of benzene rings is 1. The van der Waals surface area contributed by atoms with Crippen LogP contribution in [-0.4, -0.2) is 29.9 Å². The quantitative estimate of drug-likeness (QED) is 0.659. The number of hydrogen-bond acceptors (Lipinski definition) is 4. The highest BCUT2D eigenvalue weighted by Crippen LogP contribution is 2.12. The fourth-order valence-corrected chi connectivity index (χ4v) is 1.42. The molecule has 0 aliphatic carbocycles. The van der Waals surface area contributed by atoms with E-state index in [0.717, 1.165) is 5.56 Å². The number of ether oxygens (including phenoxy) is 2. The predicted octanol–water partition coefficient (Wildman–Crippen LogP) is 1.91. The van der Waals surface area contributed by atoms with E-state index in [2.05, 4.69) is 16.6 Å². The molecule has 0 radical (unpaired) electrons. The number of carbonyl (C=O) groups is 1. The van der Waals surface area contributed by atoms with E-state index in [0.29, 0.717) is 6.61 Å². The Balaban J connectivity index is 2.50. The Morgan fingerprint density at radius 1 is 1.35 bits per heavy atom. The van der Waals surface area contributed by atoms with E-state index in [1.165, 1.54) is 7.11 Å². The number of hydrogen-bond donors (Lipinski definition) is 1. The van der Waals surface area contributed by atoms with Gasteiger partial charge in [0.15, 0.2) is 0 Å². The summed E-state index contributed by atoms with van der Waals surface area (Å²) in [6, 6.07) is 9.76. The largest absolute Gasteiger partial charge is 0.469 e. The molecular formula is C16H20O4. The molecule has 0 heterocycles. The zero-order chi connectivity index (χ0) is 15.0. The molecule has 0 aliphatic heterocycles. The van der Waals surface area contributed by atoms with Crippen molar-refractivity contribution in [3.8, 4) is 11.8 Å². The van der Waals surface area contributed by atoms with Gasteiger partial charge in [-0.3, -0.25) is 4.79 Å². The van der Waals surface area contributed by atoms with Crippen molar-refractivity contribution >= 4 is 5.97 Å². The first-order valence-corrected chi connectivity index (χ1v) is 6.38. The minimum atomic E-state index is -1.04. The third kappa shape index (κ3) is 6.37. The van der Waals surface area contributed by atoms with Crippen molar-refractivity contribution in [2.24, 2.45) is 0 Å². The highest BCUT2D eigenvalue weighted by molar-refractivity contribution is 5.70. The van der Waals surface area contributed by atoms with Gasteiger partial charge in [-0.1, -0.05) is 42.2 Å². The molecule has 0 unspecified atom stereocenters. The molecule has 0 bridgehead atoms. The SMILES string of the molecule is COC(=O)C[C@@H](O)C#CC(C)(C)OCc1ccccc1. The maximum Gasteiger partial charge on any atom is 0.309 e. The van der Waals surface area contributed by atoms with Gasteiger partial charge in [-0.2, -0.15) is 0 Å². The Hall–Kier alpha value is -1.83. The zero-order valence-electron chi connectivity index (χ0n) is 12.1. The molecule has 0 spiro atoms. The van der Waals surface area contributed by atoms with Crippen molar-refractivity contribution in [3.63, 3.8) is 0 Å². The van der Waals surface area contributed by atoms with E-state index in [1.54, 1.807) is 0 Å². The van der Waals surface area contributed by atoms with Crippen LogP contribution >= 0.6 is 0 Å². The number of aliphatic hydroxyl groups is 1. The molecule has 1 atom stereocenters. The molecule has 108 valence electrons. The Bertz CT molecular complexity index is 482. The molecule has 1 rings (SSSR count). The Kier molecular flexibility index (Phi) is 6.23. The van der Waals surface area contributed by atoms with E-state index in [4.69, 9.17) is 4.74 Å². The van der Waals surface area contributed by atoms with Crippen molar-refractivity contribution < 1.29 is 19.4 Å². The highest BCUT2D eigenvalue weighted by Gasteiger charge is 2.16. The summed E-state index contributed by atoms with van der Waals surface area (Å²) in [5.41, 5.74) is 0.352. The van der Waals surface area contributed by atoms with Crippen LogP contribution in [0.5, 0.6) is 0 Å². The van der Waals surface area contributed by atoms with Crippen LogP contribution in [0.4, 0.5) is 0 Å². The second-order valence-electron chi connectivity index (χ2n) is 4.85. The van der Waals surface area contributed by atoms with Crippen molar-refractivity contribution in [2.75, 3.05) is 7.11 Å². The minimum Gasteiger partial charge on any atom is -0.469 e. The summed E-state index contributed by atoms with van der Waals surface area (Å²) in [5, 5.41) is 9.57. The lowest BCUT2D eigenvalue weighted by Crippen LogP contribution is -2.23. The van der Waals surface area contributed by atoms with E-state index in [-0.39, 0.29) is 6.42 Å². The van der Waals surface area contributed by atoms with E-state index >= 15 is 0 Å². The van der Waals surface area contributed by atoms with Crippen LogP contribution in [-0.2, 0) is 20.9 Å². The van der Waals surface area contributed by atoms with Crippen LogP contribution in [0.15, 0.2) is 30.3 Å². The molecule has 0 aromatic heterocycles. The van der Waals surface area contributed by atoms with Crippen molar-refractivity contribution in [2.45, 2.75) is 38.6 Å². The third-order valence-electron chi connectivity index (χ3n) is 2.57. The summed E-state index contributed by atoms with van der Waals surface area (Å²) in [7, 11) is 1.27. The van der Waals surface area contributed by atoms with Crippen molar-refractivity contribution in [1.82, 2.24) is 0 Å². The lowest BCUT2D eigenvalue weighted by molar-refractivity contribution is -0.142. The van der Waals surface area contributed by atoms with Gasteiger partial charge in [0.1, 0.15) is 11.7 Å². The van der Waals surface area contributed by atoms with Gasteiger partial charge in [-0.25, -0.2) is 0 Å². The maximum absolute atomic E-state index is 11.0. The Labute approximate surface area is 119 Å². The molecule has 1 N–H and O–H groups in total. The molecule has 0 saturated heterocycles. The number of methoxy groups -OCH3 is 1. The average Bonchev–Trinajstić information content (AvgIpc) is 2.44. The van der Waals surface area contributed by atoms with Gasteiger partial charge in [0.05, 0.1) is 20.1 Å². The van der Waals surface area contributed by atoms with Gasteiger partial charge in [-0.05, 0) is 19.4 Å². The monoisotopic (exact) mass is 276 g/mol. The van der Waals surface area contributed by atoms with Gasteiger partial charge in [-0.15, -0.1) is 0 Å². The second-order valence-corrected chi connectivity index (χ2v) is 4.85. The summed E-state index contributed by atoms with van der Waals surface area (Å²) in [5.74, 6) is 4.94. The first kappa shape index (κ1) is 16.2. The smallest absolute Gasteiger partial charge is 0.309 e. The van der Waals surface area contributed by atoms with Crippen molar-refractivity contribution in [3.05, 3.63) is 35.9 Å². The minimum absolute atomic E-state index is 0.141. The van der Waals surface area contributed by atoms with Crippen LogP contribution in [0.25, 0.3) is 0 Å². The topological polar surface area (TPSA) is 55.8 Å². The second kappa shape index (κ2) is 7.68. The molecule has 1 aromatic carbocycles. The van der Waals surface area contributed by atoms with Crippen molar-refractivity contribution in [1.29, 1.82) is 0 Å². The summed E-state index contributed by atoms with van der Waals surface area (Å²) in [6.45, 7) is 4.07. The maximum atomic E-state index is 11.0. The third-order valence-corrected chi connectivity index (χ3v) is 2.57. The first-order chi connectivity index (χ1) is 9.43. The number of rotatable bonds is 5. The van der Waals surface area contributed by atoms with Gasteiger partial charge in [0.2, 0.25) is 0 Å². The molecular weight excluding hydrogens is 256 g/mol. The fourth-order valence-electron chi connectivity index (χ4n) is 1.42. The number of aliphatic hydroxyl groups excluding tert-OH is 1. The fraction of sp³-hybridized carbons (Fsp3) is 0.438. The van der Waals surface area contributed by atoms with Gasteiger partial charge in [0, 0.05) is 0 Å². The van der Waals surface area contributed by atoms with Crippen LogP contribution in [0, 0.1) is 11.8 Å². The average molecular weight is 276 g/mol. The Morgan fingerprint density at radius 3 is 2.60 bits per heavy atom. The van der Waals surface area contributed by atoms with Crippen LogP contribution in [0.1, 0.15) is 25.8 Å². The van der Waals surface area contributed by atoms with Crippen LogP contribution < -0.4 is 0 Å². The lowest BCUT2D eigenvalue weighted by atomic mass is 10.1. The molecule has 4 nitrogen and oxygen atoms in total. The predicted molar refractivity (Wildman–Crippen MR) is 75.7 cm³/mol. The highest BCUT2D eigenvalue weighted by atomic mass is 16.5. The molecule has 20 heavy (non-hydrogen) atoms. The number of esters is 1. The molecule has 1 aromatic rings.